The van der Waals surface area contributed by atoms with Crippen LogP contribution >= 0.6 is 0 Å². The maximum atomic E-state index is 11.0. The average Bonchev–Trinajstić information content (AvgIpc) is 2.36. The van der Waals surface area contributed by atoms with Crippen molar-refractivity contribution in [3.05, 3.63) is 24.1 Å². The number of hydrogen-bond acceptors (Lipinski definition) is 6. The second-order valence-corrected chi connectivity index (χ2v) is 3.24. The minimum absolute atomic E-state index is 0.129. The summed E-state index contributed by atoms with van der Waals surface area (Å²) in [6, 6.07) is 0. The van der Waals surface area contributed by atoms with Crippen molar-refractivity contribution < 1.29 is 23.8 Å². The standard InChI is InChI=1S/C13H19NO5/c1-4-17-12(15)9-14-8-6-7-11(3)19-10-13(16)18-5-2/h6-9H,4-5,10H2,1-3H3/b8-6-,11-7+,14-9?. The molecule has 0 aliphatic heterocycles. The van der Waals surface area contributed by atoms with E-state index in [2.05, 4.69) is 9.73 Å². The summed E-state index contributed by atoms with van der Waals surface area (Å²) < 4.78 is 14.5. The molecule has 0 rings (SSSR count). The Morgan fingerprint density at radius 2 is 1.79 bits per heavy atom. The molecular weight excluding hydrogens is 250 g/mol. The van der Waals surface area contributed by atoms with E-state index in [0.717, 1.165) is 6.21 Å². The summed E-state index contributed by atoms with van der Waals surface area (Å²) in [6.45, 7) is 5.65. The van der Waals surface area contributed by atoms with Crippen LogP contribution in [0, 0.1) is 0 Å². The van der Waals surface area contributed by atoms with Gasteiger partial charge in [0.05, 0.1) is 19.0 Å². The van der Waals surface area contributed by atoms with Gasteiger partial charge >= 0.3 is 11.9 Å². The quantitative estimate of drug-likeness (QED) is 0.290. The van der Waals surface area contributed by atoms with Crippen LogP contribution in [0.15, 0.2) is 29.1 Å². The first-order valence-corrected chi connectivity index (χ1v) is 5.91. The van der Waals surface area contributed by atoms with E-state index in [1.807, 2.05) is 0 Å². The fourth-order valence-electron chi connectivity index (χ4n) is 0.935. The molecule has 0 unspecified atom stereocenters. The lowest BCUT2D eigenvalue weighted by atomic mass is 10.4. The summed E-state index contributed by atoms with van der Waals surface area (Å²) in [6.07, 6.45) is 5.68. The monoisotopic (exact) mass is 269 g/mol. The van der Waals surface area contributed by atoms with Crippen molar-refractivity contribution in [2.24, 2.45) is 4.99 Å². The maximum absolute atomic E-state index is 11.0. The van der Waals surface area contributed by atoms with Crippen LogP contribution in [0.3, 0.4) is 0 Å². The van der Waals surface area contributed by atoms with Crippen molar-refractivity contribution in [3.63, 3.8) is 0 Å². The zero-order valence-corrected chi connectivity index (χ0v) is 11.4. The van der Waals surface area contributed by atoms with E-state index < -0.39 is 11.9 Å². The zero-order valence-electron chi connectivity index (χ0n) is 11.4. The predicted octanol–water partition coefficient (Wildman–Crippen LogP) is 1.62. The number of aliphatic imine (C=N–C) groups is 1. The molecule has 0 bridgehead atoms. The number of rotatable bonds is 8. The summed E-state index contributed by atoms with van der Waals surface area (Å²) in [5, 5.41) is 0. The molecule has 0 fully saturated rings. The van der Waals surface area contributed by atoms with Gasteiger partial charge in [-0.15, -0.1) is 0 Å². The molecule has 0 amide bonds. The molecule has 0 aliphatic carbocycles. The molecule has 0 aliphatic rings. The molecule has 0 aromatic rings. The molecule has 0 N–H and O–H groups in total. The minimum atomic E-state index is -0.494. The van der Waals surface area contributed by atoms with E-state index >= 15 is 0 Å². The van der Waals surface area contributed by atoms with Crippen molar-refractivity contribution in [1.29, 1.82) is 0 Å². The lowest BCUT2D eigenvalue weighted by Crippen LogP contribution is -2.11. The van der Waals surface area contributed by atoms with Crippen LogP contribution < -0.4 is 0 Å². The molecule has 0 atom stereocenters. The van der Waals surface area contributed by atoms with Gasteiger partial charge in [0.1, 0.15) is 6.21 Å². The highest BCUT2D eigenvalue weighted by Gasteiger charge is 2.00. The Hall–Kier alpha value is -2.11. The highest BCUT2D eigenvalue weighted by atomic mass is 16.6. The second-order valence-electron chi connectivity index (χ2n) is 3.24. The van der Waals surface area contributed by atoms with E-state index in [9.17, 15) is 9.59 Å². The number of allylic oxidation sites excluding steroid dienone is 3. The molecule has 0 aromatic carbocycles. The summed E-state index contributed by atoms with van der Waals surface area (Å²) >= 11 is 0. The van der Waals surface area contributed by atoms with Crippen molar-refractivity contribution in [2.45, 2.75) is 20.8 Å². The van der Waals surface area contributed by atoms with Crippen LogP contribution in [0.1, 0.15) is 20.8 Å². The number of carbonyl (C=O) groups is 2. The zero-order chi connectivity index (χ0) is 14.5. The number of ether oxygens (including phenoxy) is 3. The minimum Gasteiger partial charge on any atom is -0.487 e. The van der Waals surface area contributed by atoms with E-state index in [0.29, 0.717) is 19.0 Å². The van der Waals surface area contributed by atoms with E-state index in [1.165, 1.54) is 6.20 Å². The molecule has 0 radical (unpaired) electrons. The smallest absolute Gasteiger partial charge is 0.349 e. The van der Waals surface area contributed by atoms with Gasteiger partial charge in [0.15, 0.2) is 6.61 Å². The predicted molar refractivity (Wildman–Crippen MR) is 70.6 cm³/mol. The van der Waals surface area contributed by atoms with Gasteiger partial charge in [-0.3, -0.25) is 4.99 Å². The lowest BCUT2D eigenvalue weighted by molar-refractivity contribution is -0.147. The Bertz CT molecular complexity index is 371. The van der Waals surface area contributed by atoms with Crippen LogP contribution in [-0.4, -0.2) is 38.0 Å². The fraction of sp³-hybridized carbons (Fsp3) is 0.462. The van der Waals surface area contributed by atoms with Gasteiger partial charge in [-0.2, -0.15) is 0 Å². The topological polar surface area (TPSA) is 74.2 Å². The van der Waals surface area contributed by atoms with E-state index in [1.54, 1.807) is 32.9 Å². The van der Waals surface area contributed by atoms with Gasteiger partial charge in [0.25, 0.3) is 0 Å². The summed E-state index contributed by atoms with van der Waals surface area (Å²) in [4.78, 5) is 25.6. The normalized spacial score (nSPS) is 11.8. The molecular formula is C13H19NO5. The lowest BCUT2D eigenvalue weighted by Gasteiger charge is -2.04. The third kappa shape index (κ3) is 10.7. The first-order valence-electron chi connectivity index (χ1n) is 5.91. The number of esters is 2. The van der Waals surface area contributed by atoms with E-state index in [-0.39, 0.29) is 6.61 Å². The van der Waals surface area contributed by atoms with Crippen LogP contribution in [0.2, 0.25) is 0 Å². The first-order chi connectivity index (χ1) is 9.10. The van der Waals surface area contributed by atoms with Crippen LogP contribution in [0.4, 0.5) is 0 Å². The van der Waals surface area contributed by atoms with Crippen molar-refractivity contribution in [1.82, 2.24) is 0 Å². The van der Waals surface area contributed by atoms with Crippen molar-refractivity contribution in [2.75, 3.05) is 19.8 Å². The summed E-state index contributed by atoms with van der Waals surface area (Å²) in [5.41, 5.74) is 0. The molecule has 6 nitrogen and oxygen atoms in total. The second kappa shape index (κ2) is 11.0. The molecule has 106 valence electrons. The highest BCUT2D eigenvalue weighted by Crippen LogP contribution is 1.96. The van der Waals surface area contributed by atoms with Gasteiger partial charge in [-0.25, -0.2) is 9.59 Å². The molecule has 0 heterocycles. The molecule has 19 heavy (non-hydrogen) atoms. The van der Waals surface area contributed by atoms with Gasteiger partial charge in [-0.1, -0.05) is 0 Å². The van der Waals surface area contributed by atoms with Crippen molar-refractivity contribution in [3.8, 4) is 0 Å². The Labute approximate surface area is 112 Å². The molecule has 6 heteroatoms. The van der Waals surface area contributed by atoms with Crippen LogP contribution in [0.25, 0.3) is 0 Å². The Balaban J connectivity index is 3.97. The molecule has 0 aromatic heterocycles. The van der Waals surface area contributed by atoms with Gasteiger partial charge in [0.2, 0.25) is 0 Å². The summed E-state index contributed by atoms with van der Waals surface area (Å²) in [5.74, 6) is -0.374. The SMILES string of the molecule is CCOC(=O)C=N/C=C\C=C(/C)OCC(=O)OCC. The van der Waals surface area contributed by atoms with Crippen LogP contribution in [-0.2, 0) is 23.8 Å². The van der Waals surface area contributed by atoms with Gasteiger partial charge in [0, 0.05) is 6.20 Å². The third-order valence-electron chi connectivity index (χ3n) is 1.69. The highest BCUT2D eigenvalue weighted by molar-refractivity contribution is 6.23. The molecule has 0 saturated heterocycles. The van der Waals surface area contributed by atoms with Gasteiger partial charge in [-0.05, 0) is 32.9 Å². The fourth-order valence-corrected chi connectivity index (χ4v) is 0.935. The van der Waals surface area contributed by atoms with Crippen molar-refractivity contribution >= 4 is 18.2 Å². The maximum Gasteiger partial charge on any atom is 0.349 e. The van der Waals surface area contributed by atoms with Gasteiger partial charge < -0.3 is 14.2 Å². The Kier molecular flexibility index (Phi) is 9.79. The largest absolute Gasteiger partial charge is 0.487 e. The molecule has 0 spiro atoms. The van der Waals surface area contributed by atoms with E-state index in [4.69, 9.17) is 9.47 Å². The van der Waals surface area contributed by atoms with Crippen LogP contribution in [0.5, 0.6) is 0 Å². The number of hydrogen-bond donors (Lipinski definition) is 0. The number of carbonyl (C=O) groups excluding carboxylic acids is 2. The Morgan fingerprint density at radius 3 is 2.42 bits per heavy atom. The number of nitrogens with zero attached hydrogens (tertiary/aromatic N) is 1. The Morgan fingerprint density at radius 1 is 1.11 bits per heavy atom. The average molecular weight is 269 g/mol. The summed E-state index contributed by atoms with van der Waals surface area (Å²) in [7, 11) is 0. The third-order valence-corrected chi connectivity index (χ3v) is 1.69. The molecule has 0 saturated carbocycles. The first kappa shape index (κ1) is 16.9.